The summed E-state index contributed by atoms with van der Waals surface area (Å²) in [6.07, 6.45) is 3.41. The number of aryl methyl sites for hydroxylation is 2. The van der Waals surface area contributed by atoms with Gasteiger partial charge in [-0.1, -0.05) is 17.8 Å². The summed E-state index contributed by atoms with van der Waals surface area (Å²) in [5.74, 6) is 0.887. The lowest BCUT2D eigenvalue weighted by Gasteiger charge is -2.07. The molecule has 0 atom stereocenters. The maximum atomic E-state index is 12.3. The first kappa shape index (κ1) is 17.9. The van der Waals surface area contributed by atoms with Crippen LogP contribution in [0.3, 0.4) is 0 Å². The second-order valence-corrected chi connectivity index (χ2v) is 7.94. The fourth-order valence-corrected chi connectivity index (χ4v) is 4.29. The zero-order valence-corrected chi connectivity index (χ0v) is 16.7. The summed E-state index contributed by atoms with van der Waals surface area (Å²) in [7, 11) is 1.63. The first-order valence-electron chi connectivity index (χ1n) is 9.44. The van der Waals surface area contributed by atoms with Gasteiger partial charge in [-0.05, 0) is 60.7 Å². The van der Waals surface area contributed by atoms with Gasteiger partial charge in [0, 0.05) is 16.6 Å². The fourth-order valence-electron chi connectivity index (χ4n) is 3.70. The highest BCUT2D eigenvalue weighted by Gasteiger charge is 2.14. The Morgan fingerprint density at radius 2 is 2.07 bits per heavy atom. The van der Waals surface area contributed by atoms with E-state index in [1.54, 1.807) is 7.11 Å². The molecule has 2 heterocycles. The highest BCUT2D eigenvalue weighted by Crippen LogP contribution is 2.27. The molecule has 0 aliphatic heterocycles. The molecule has 1 aliphatic carbocycles. The second kappa shape index (κ2) is 7.36. The van der Waals surface area contributed by atoms with Crippen molar-refractivity contribution in [2.24, 2.45) is 0 Å². The van der Waals surface area contributed by atoms with Gasteiger partial charge in [-0.3, -0.25) is 4.79 Å². The van der Waals surface area contributed by atoms with Crippen LogP contribution in [0, 0.1) is 0 Å². The third-order valence-corrected chi connectivity index (χ3v) is 5.95. The molecule has 7 nitrogen and oxygen atoms in total. The van der Waals surface area contributed by atoms with Gasteiger partial charge in [0.15, 0.2) is 5.65 Å². The van der Waals surface area contributed by atoms with E-state index in [4.69, 9.17) is 4.74 Å². The van der Waals surface area contributed by atoms with Gasteiger partial charge in [0.05, 0.1) is 12.9 Å². The molecule has 0 spiro atoms. The number of H-pyrrole nitrogens is 1. The third kappa shape index (κ3) is 3.51. The van der Waals surface area contributed by atoms with Crippen LogP contribution in [0.1, 0.15) is 17.5 Å². The third-order valence-electron chi connectivity index (χ3n) is 5.12. The lowest BCUT2D eigenvalue weighted by molar-refractivity contribution is -0.113. The van der Waals surface area contributed by atoms with Crippen molar-refractivity contribution in [2.45, 2.75) is 24.4 Å². The number of benzene rings is 2. The molecule has 1 amide bonds. The second-order valence-electron chi connectivity index (χ2n) is 7.00. The molecule has 0 saturated carbocycles. The average molecular weight is 405 g/mol. The van der Waals surface area contributed by atoms with Gasteiger partial charge in [-0.15, -0.1) is 10.2 Å². The number of carbonyl (C=O) groups excluding carboxylic acids is 1. The standard InChI is InChI=1S/C21H19N5O2S/c1-28-15-7-8-17-16(10-15)19-20(23-17)24-21(26-25-19)29-11-18(27)22-14-6-5-12-3-2-4-13(12)9-14/h5-10H,2-4,11H2,1H3,(H,22,27)(H,23,24,26). The van der Waals surface area contributed by atoms with Crippen LogP contribution >= 0.6 is 11.8 Å². The lowest BCUT2D eigenvalue weighted by Crippen LogP contribution is -2.14. The van der Waals surface area contributed by atoms with Gasteiger partial charge in [0.25, 0.3) is 0 Å². The van der Waals surface area contributed by atoms with E-state index in [-0.39, 0.29) is 11.7 Å². The van der Waals surface area contributed by atoms with Crippen LogP contribution in [-0.4, -0.2) is 38.9 Å². The minimum atomic E-state index is -0.0852. The number of aromatic nitrogens is 4. The van der Waals surface area contributed by atoms with E-state index >= 15 is 0 Å². The van der Waals surface area contributed by atoms with Crippen LogP contribution in [0.15, 0.2) is 41.6 Å². The normalized spacial score (nSPS) is 13.0. The summed E-state index contributed by atoms with van der Waals surface area (Å²) in [5, 5.41) is 12.8. The van der Waals surface area contributed by atoms with Crippen LogP contribution in [0.25, 0.3) is 22.1 Å². The number of thioether (sulfide) groups is 1. The zero-order valence-electron chi connectivity index (χ0n) is 15.9. The van der Waals surface area contributed by atoms with Crippen LogP contribution in [0.2, 0.25) is 0 Å². The van der Waals surface area contributed by atoms with E-state index in [2.05, 4.69) is 37.6 Å². The number of nitrogens with zero attached hydrogens (tertiary/aromatic N) is 3. The molecule has 0 radical (unpaired) electrons. The number of nitrogens with one attached hydrogen (secondary N) is 2. The number of amides is 1. The maximum Gasteiger partial charge on any atom is 0.234 e. The Morgan fingerprint density at radius 1 is 1.17 bits per heavy atom. The summed E-state index contributed by atoms with van der Waals surface area (Å²) in [6.45, 7) is 0. The molecule has 1 aliphatic rings. The molecule has 2 aromatic heterocycles. The van der Waals surface area contributed by atoms with Crippen molar-refractivity contribution in [3.05, 3.63) is 47.5 Å². The van der Waals surface area contributed by atoms with E-state index in [1.165, 1.54) is 29.3 Å². The van der Waals surface area contributed by atoms with Crippen molar-refractivity contribution in [1.29, 1.82) is 0 Å². The predicted octanol–water partition coefficient (Wildman–Crippen LogP) is 3.73. The number of hydrogen-bond acceptors (Lipinski definition) is 6. The molecule has 0 unspecified atom stereocenters. The van der Waals surface area contributed by atoms with Gasteiger partial charge in [-0.2, -0.15) is 0 Å². The molecule has 2 N–H and O–H groups in total. The number of methoxy groups -OCH3 is 1. The van der Waals surface area contributed by atoms with Crippen LogP contribution in [0.5, 0.6) is 5.75 Å². The van der Waals surface area contributed by atoms with Gasteiger partial charge < -0.3 is 15.0 Å². The Balaban J connectivity index is 1.28. The van der Waals surface area contributed by atoms with Crippen molar-refractivity contribution < 1.29 is 9.53 Å². The number of ether oxygens (including phenoxy) is 1. The van der Waals surface area contributed by atoms with Gasteiger partial charge >= 0.3 is 0 Å². The Labute approximate surface area is 171 Å². The highest BCUT2D eigenvalue weighted by molar-refractivity contribution is 7.99. The van der Waals surface area contributed by atoms with Crippen molar-refractivity contribution in [3.63, 3.8) is 0 Å². The summed E-state index contributed by atoms with van der Waals surface area (Å²) in [4.78, 5) is 20.1. The minimum absolute atomic E-state index is 0.0852. The molecular formula is C21H19N5O2S. The van der Waals surface area contributed by atoms with Crippen molar-refractivity contribution >= 4 is 45.4 Å². The summed E-state index contributed by atoms with van der Waals surface area (Å²) in [5.41, 5.74) is 5.81. The summed E-state index contributed by atoms with van der Waals surface area (Å²) in [6, 6.07) is 11.9. The van der Waals surface area contributed by atoms with E-state index in [1.807, 2.05) is 24.3 Å². The number of anilines is 1. The van der Waals surface area contributed by atoms with Crippen molar-refractivity contribution in [3.8, 4) is 5.75 Å². The molecule has 29 heavy (non-hydrogen) atoms. The number of fused-ring (bicyclic) bond motifs is 4. The van der Waals surface area contributed by atoms with E-state index in [0.717, 1.165) is 35.2 Å². The SMILES string of the molecule is COc1ccc2[nH]c3nc(SCC(=O)Nc4ccc5c(c4)CCC5)nnc3c2c1. The van der Waals surface area contributed by atoms with Crippen LogP contribution in [0.4, 0.5) is 5.69 Å². The number of aromatic amines is 1. The van der Waals surface area contributed by atoms with E-state index in [0.29, 0.717) is 16.3 Å². The van der Waals surface area contributed by atoms with E-state index in [9.17, 15) is 4.79 Å². The Bertz CT molecular complexity index is 1240. The Kier molecular flexibility index (Phi) is 4.55. The van der Waals surface area contributed by atoms with Crippen molar-refractivity contribution in [1.82, 2.24) is 20.2 Å². The molecule has 8 heteroatoms. The topological polar surface area (TPSA) is 92.8 Å². The first-order valence-corrected chi connectivity index (χ1v) is 10.4. The molecule has 5 rings (SSSR count). The van der Waals surface area contributed by atoms with E-state index < -0.39 is 0 Å². The number of rotatable bonds is 5. The van der Waals surface area contributed by atoms with Gasteiger partial charge in [0.1, 0.15) is 11.3 Å². The van der Waals surface area contributed by atoms with Crippen LogP contribution in [-0.2, 0) is 17.6 Å². The molecule has 2 aromatic carbocycles. The molecule has 4 aromatic rings. The van der Waals surface area contributed by atoms with Gasteiger partial charge in [-0.25, -0.2) is 4.98 Å². The molecule has 0 bridgehead atoms. The zero-order chi connectivity index (χ0) is 19.8. The fraction of sp³-hybridized carbons (Fsp3) is 0.238. The lowest BCUT2D eigenvalue weighted by atomic mass is 10.1. The maximum absolute atomic E-state index is 12.3. The molecule has 146 valence electrons. The monoisotopic (exact) mass is 405 g/mol. The predicted molar refractivity (Wildman–Crippen MR) is 114 cm³/mol. The Hall–Kier alpha value is -3.13. The summed E-state index contributed by atoms with van der Waals surface area (Å²) < 4.78 is 5.27. The first-order chi connectivity index (χ1) is 14.2. The molecule has 0 saturated heterocycles. The summed E-state index contributed by atoms with van der Waals surface area (Å²) >= 11 is 1.26. The van der Waals surface area contributed by atoms with Gasteiger partial charge in [0.2, 0.25) is 11.1 Å². The number of carbonyl (C=O) groups is 1. The minimum Gasteiger partial charge on any atom is -0.497 e. The largest absolute Gasteiger partial charge is 0.497 e. The molecule has 0 fully saturated rings. The number of hydrogen-bond donors (Lipinski definition) is 2. The quantitative estimate of drug-likeness (QED) is 0.492. The average Bonchev–Trinajstić information content (AvgIpc) is 3.35. The van der Waals surface area contributed by atoms with Crippen LogP contribution < -0.4 is 10.1 Å². The smallest absolute Gasteiger partial charge is 0.234 e. The molecular weight excluding hydrogens is 386 g/mol. The highest BCUT2D eigenvalue weighted by atomic mass is 32.2. The Morgan fingerprint density at radius 3 is 2.97 bits per heavy atom. The van der Waals surface area contributed by atoms with Crippen molar-refractivity contribution in [2.75, 3.05) is 18.2 Å².